The number of aromatic nitrogens is 4. The van der Waals surface area contributed by atoms with E-state index in [1.165, 1.54) is 16.4 Å². The van der Waals surface area contributed by atoms with Crippen LogP contribution in [0, 0.1) is 6.92 Å². The first-order valence-corrected chi connectivity index (χ1v) is 10.5. The molecule has 0 saturated carbocycles. The zero-order valence-corrected chi connectivity index (χ0v) is 17.0. The van der Waals surface area contributed by atoms with Crippen molar-refractivity contribution in [1.29, 1.82) is 0 Å². The Bertz CT molecular complexity index is 1260. The largest absolute Gasteiger partial charge is 0.361 e. The molecule has 2 unspecified atom stereocenters. The van der Waals surface area contributed by atoms with E-state index in [1.54, 1.807) is 17.7 Å². The fourth-order valence-corrected chi connectivity index (χ4v) is 4.35. The zero-order valence-electron chi connectivity index (χ0n) is 16.2. The van der Waals surface area contributed by atoms with Gasteiger partial charge in [0.05, 0.1) is 22.3 Å². The Kier molecular flexibility index (Phi) is 4.48. The van der Waals surface area contributed by atoms with Crippen molar-refractivity contribution in [2.75, 3.05) is 10.2 Å². The summed E-state index contributed by atoms with van der Waals surface area (Å²) >= 11 is 1.71. The van der Waals surface area contributed by atoms with Crippen LogP contribution in [0.25, 0.3) is 17.4 Å². The molecule has 1 aliphatic heterocycles. The fraction of sp³-hybridized carbons (Fsp3) is 0.238. The van der Waals surface area contributed by atoms with Gasteiger partial charge in [-0.25, -0.2) is 15.0 Å². The molecule has 2 atom stereocenters. The zero-order chi connectivity index (χ0) is 19.8. The topological polar surface area (TPSA) is 82.1 Å². The lowest BCUT2D eigenvalue weighted by Gasteiger charge is -2.35. The van der Waals surface area contributed by atoms with Crippen molar-refractivity contribution in [3.63, 3.8) is 0 Å². The summed E-state index contributed by atoms with van der Waals surface area (Å²) in [6.07, 6.45) is 6.16. The van der Waals surface area contributed by atoms with Gasteiger partial charge in [0, 0.05) is 11.9 Å². The van der Waals surface area contributed by atoms with Crippen LogP contribution in [0.4, 0.5) is 11.5 Å². The van der Waals surface area contributed by atoms with Crippen molar-refractivity contribution in [2.45, 2.75) is 32.5 Å². The molecule has 2 N–H and O–H groups in total. The minimum Gasteiger partial charge on any atom is -0.361 e. The van der Waals surface area contributed by atoms with Gasteiger partial charge in [0.1, 0.15) is 18.0 Å². The van der Waals surface area contributed by atoms with Crippen LogP contribution in [0.2, 0.25) is 0 Å². The summed E-state index contributed by atoms with van der Waals surface area (Å²) in [4.78, 5) is 23.4. The third-order valence-electron chi connectivity index (χ3n) is 5.16. The summed E-state index contributed by atoms with van der Waals surface area (Å²) in [5.41, 5.74) is 3.82. The van der Waals surface area contributed by atoms with Crippen LogP contribution >= 0.6 is 11.3 Å². The molecule has 0 radical (unpaired) electrons. The van der Waals surface area contributed by atoms with Crippen molar-refractivity contribution in [3.8, 4) is 0 Å². The molecule has 1 aromatic carbocycles. The van der Waals surface area contributed by atoms with Crippen LogP contribution in [-0.4, -0.2) is 32.1 Å². The summed E-state index contributed by atoms with van der Waals surface area (Å²) in [6, 6.07) is 10.7. The minimum atomic E-state index is -0.0993. The van der Waals surface area contributed by atoms with Gasteiger partial charge in [-0.15, -0.1) is 11.3 Å². The van der Waals surface area contributed by atoms with Gasteiger partial charge >= 0.3 is 0 Å². The van der Waals surface area contributed by atoms with E-state index in [0.717, 1.165) is 28.8 Å². The summed E-state index contributed by atoms with van der Waals surface area (Å²) < 4.78 is 1.18. The molecular weight excluding hydrogens is 382 g/mol. The maximum absolute atomic E-state index is 5.09. The second-order valence-electron chi connectivity index (χ2n) is 7.07. The van der Waals surface area contributed by atoms with E-state index < -0.39 is 0 Å². The van der Waals surface area contributed by atoms with Crippen LogP contribution in [0.1, 0.15) is 18.9 Å². The normalized spacial score (nSPS) is 16.8. The molecule has 0 aliphatic carbocycles. The number of imidazole rings is 1. The monoisotopic (exact) mass is 403 g/mol. The van der Waals surface area contributed by atoms with Gasteiger partial charge in [-0.2, -0.15) is 0 Å². The second kappa shape index (κ2) is 7.29. The van der Waals surface area contributed by atoms with Gasteiger partial charge in [-0.1, -0.05) is 24.6 Å². The van der Waals surface area contributed by atoms with E-state index in [0.29, 0.717) is 5.65 Å². The van der Waals surface area contributed by atoms with E-state index >= 15 is 0 Å². The van der Waals surface area contributed by atoms with E-state index in [9.17, 15) is 0 Å². The first kappa shape index (κ1) is 17.8. The van der Waals surface area contributed by atoms with Gasteiger partial charge in [-0.05, 0) is 36.9 Å². The Morgan fingerprint density at radius 2 is 2.03 bits per heavy atom. The molecule has 5 rings (SSSR count). The number of nitrogens with zero attached hydrogens (tertiary/aromatic N) is 5. The molecule has 4 aromatic rings. The molecule has 29 heavy (non-hydrogen) atoms. The summed E-state index contributed by atoms with van der Waals surface area (Å²) in [7, 11) is 0. The number of nitrogens with one attached hydrogen (secondary N) is 2. The summed E-state index contributed by atoms with van der Waals surface area (Å²) in [5.74, 6) is 0.745. The molecule has 4 heterocycles. The molecule has 0 bridgehead atoms. The van der Waals surface area contributed by atoms with Gasteiger partial charge in [-0.3, -0.25) is 4.99 Å². The van der Waals surface area contributed by atoms with Crippen molar-refractivity contribution in [2.24, 2.45) is 4.99 Å². The highest BCUT2D eigenvalue weighted by Gasteiger charge is 2.28. The number of rotatable bonds is 5. The van der Waals surface area contributed by atoms with Gasteiger partial charge in [0.15, 0.2) is 11.5 Å². The minimum absolute atomic E-state index is 0.0435. The first-order valence-electron chi connectivity index (χ1n) is 9.62. The predicted octanol–water partition coefficient (Wildman–Crippen LogP) is 2.82. The highest BCUT2D eigenvalue weighted by Crippen LogP contribution is 2.25. The van der Waals surface area contributed by atoms with E-state index in [-0.39, 0.29) is 12.2 Å². The van der Waals surface area contributed by atoms with E-state index in [2.05, 4.69) is 85.9 Å². The molecule has 0 amide bonds. The van der Waals surface area contributed by atoms with Crippen molar-refractivity contribution < 1.29 is 0 Å². The van der Waals surface area contributed by atoms with Crippen LogP contribution < -0.4 is 20.1 Å². The molecule has 0 fully saturated rings. The molecule has 8 heteroatoms. The number of thiophene rings is 1. The van der Waals surface area contributed by atoms with Crippen LogP contribution in [-0.2, 0) is 0 Å². The van der Waals surface area contributed by atoms with Crippen molar-refractivity contribution >= 4 is 40.2 Å². The lowest BCUT2D eigenvalue weighted by atomic mass is 10.1. The number of H-pyrrole nitrogens is 1. The average molecular weight is 404 g/mol. The maximum atomic E-state index is 5.09. The highest BCUT2D eigenvalue weighted by atomic mass is 32.1. The summed E-state index contributed by atoms with van der Waals surface area (Å²) in [6.45, 7) is 4.26. The smallest absolute Gasteiger partial charge is 0.182 e. The number of aromatic amines is 1. The quantitative estimate of drug-likeness (QED) is 0.535. The average Bonchev–Trinajstić information content (AvgIpc) is 3.41. The SMILES string of the molecule is CCC(Nc1ncnc2nc[nH]c12)C1N=c2ccsc2=CN1c1ccc(C)cc1. The second-order valence-corrected chi connectivity index (χ2v) is 8.01. The van der Waals surface area contributed by atoms with Crippen LogP contribution in [0.3, 0.4) is 0 Å². The standard InChI is InChI=1S/C21H21N7S/c1-3-15(26-20-18-19(23-11-22-18)24-12-25-20)21-27-16-8-9-29-17(16)10-28(21)14-6-4-13(2)5-7-14/h4-12,15,21H,3H2,1-2H3,(H2,22,23,24,25,26). The van der Waals surface area contributed by atoms with E-state index in [1.807, 2.05) is 0 Å². The Balaban J connectivity index is 1.56. The third kappa shape index (κ3) is 3.25. The molecule has 3 aromatic heterocycles. The lowest BCUT2D eigenvalue weighted by molar-refractivity contribution is 0.539. The third-order valence-corrected chi connectivity index (χ3v) is 6.00. The molecule has 7 nitrogen and oxygen atoms in total. The lowest BCUT2D eigenvalue weighted by Crippen LogP contribution is -2.49. The Hall–Kier alpha value is -3.26. The molecule has 0 spiro atoms. The number of hydrogen-bond acceptors (Lipinski definition) is 7. The Labute approximate surface area is 171 Å². The summed E-state index contributed by atoms with van der Waals surface area (Å²) in [5, 5.41) is 6.72. The van der Waals surface area contributed by atoms with Crippen molar-refractivity contribution in [1.82, 2.24) is 19.9 Å². The Morgan fingerprint density at radius 3 is 2.86 bits per heavy atom. The molecule has 1 aliphatic rings. The van der Waals surface area contributed by atoms with Gasteiger partial charge < -0.3 is 15.2 Å². The number of hydrogen-bond donors (Lipinski definition) is 2. The van der Waals surface area contributed by atoms with Crippen LogP contribution in [0.15, 0.2) is 53.4 Å². The van der Waals surface area contributed by atoms with Gasteiger partial charge in [0.25, 0.3) is 0 Å². The molecule has 146 valence electrons. The van der Waals surface area contributed by atoms with Gasteiger partial charge in [0.2, 0.25) is 0 Å². The Morgan fingerprint density at radius 1 is 1.17 bits per heavy atom. The maximum Gasteiger partial charge on any atom is 0.182 e. The first-order chi connectivity index (χ1) is 14.2. The van der Waals surface area contributed by atoms with Crippen molar-refractivity contribution in [3.05, 3.63) is 63.8 Å². The number of anilines is 2. The molecular formula is C21H21N7S. The highest BCUT2D eigenvalue weighted by molar-refractivity contribution is 7.07. The molecule has 0 saturated heterocycles. The van der Waals surface area contributed by atoms with E-state index in [4.69, 9.17) is 4.99 Å². The fourth-order valence-electron chi connectivity index (χ4n) is 3.59. The number of aryl methyl sites for hydroxylation is 1. The van der Waals surface area contributed by atoms with Crippen LogP contribution in [0.5, 0.6) is 0 Å². The predicted molar refractivity (Wildman–Crippen MR) is 116 cm³/mol. The number of benzene rings is 1. The number of fused-ring (bicyclic) bond motifs is 2.